The summed E-state index contributed by atoms with van der Waals surface area (Å²) in [4.78, 5) is 18.9. The first-order chi connectivity index (χ1) is 8.65. The largest absolute Gasteiger partial charge is 0.481 e. The van der Waals surface area contributed by atoms with Crippen LogP contribution in [-0.4, -0.2) is 30.8 Å². The summed E-state index contributed by atoms with van der Waals surface area (Å²) in [5.41, 5.74) is 2.52. The van der Waals surface area contributed by atoms with Crippen LogP contribution in [0.25, 0.3) is 11.4 Å². The van der Waals surface area contributed by atoms with Crippen LogP contribution >= 0.6 is 0 Å². The van der Waals surface area contributed by atoms with E-state index in [1.54, 1.807) is 10.9 Å². The Kier molecular flexibility index (Phi) is 2.43. The molecule has 6 heteroatoms. The SMILES string of the molecule is Cn1cc(-c2nc3c([nH]2)CCCC3C(=O)O)cn1. The van der Waals surface area contributed by atoms with E-state index in [4.69, 9.17) is 0 Å². The van der Waals surface area contributed by atoms with Crippen LogP contribution in [0, 0.1) is 0 Å². The van der Waals surface area contributed by atoms with Crippen molar-refractivity contribution in [1.29, 1.82) is 0 Å². The van der Waals surface area contributed by atoms with Crippen LogP contribution in [-0.2, 0) is 18.3 Å². The van der Waals surface area contributed by atoms with Crippen LogP contribution in [0.4, 0.5) is 0 Å². The molecule has 2 aromatic heterocycles. The van der Waals surface area contributed by atoms with Gasteiger partial charge in [-0.25, -0.2) is 4.98 Å². The van der Waals surface area contributed by atoms with E-state index in [1.165, 1.54) is 0 Å². The maximum atomic E-state index is 11.2. The molecule has 18 heavy (non-hydrogen) atoms. The Hall–Kier alpha value is -2.11. The maximum absolute atomic E-state index is 11.2. The molecular weight excluding hydrogens is 232 g/mol. The molecule has 0 radical (unpaired) electrons. The highest BCUT2D eigenvalue weighted by Gasteiger charge is 2.29. The van der Waals surface area contributed by atoms with Crippen molar-refractivity contribution in [3.63, 3.8) is 0 Å². The molecule has 0 spiro atoms. The summed E-state index contributed by atoms with van der Waals surface area (Å²) in [5.74, 6) is -0.558. The number of H-pyrrole nitrogens is 1. The van der Waals surface area contributed by atoms with E-state index < -0.39 is 11.9 Å². The van der Waals surface area contributed by atoms with Gasteiger partial charge in [0.05, 0.1) is 17.5 Å². The summed E-state index contributed by atoms with van der Waals surface area (Å²) in [7, 11) is 1.84. The van der Waals surface area contributed by atoms with Crippen LogP contribution < -0.4 is 0 Å². The first kappa shape index (κ1) is 11.0. The molecule has 0 aliphatic heterocycles. The number of aromatic amines is 1. The average molecular weight is 246 g/mol. The highest BCUT2D eigenvalue weighted by atomic mass is 16.4. The number of carbonyl (C=O) groups is 1. The monoisotopic (exact) mass is 246 g/mol. The average Bonchev–Trinajstić information content (AvgIpc) is 2.93. The van der Waals surface area contributed by atoms with Crippen LogP contribution in [0.1, 0.15) is 30.1 Å². The van der Waals surface area contributed by atoms with Gasteiger partial charge in [-0.2, -0.15) is 5.10 Å². The second-order valence-corrected chi connectivity index (χ2v) is 4.63. The summed E-state index contributed by atoms with van der Waals surface area (Å²) >= 11 is 0. The third kappa shape index (κ3) is 1.70. The number of hydrogen-bond donors (Lipinski definition) is 2. The molecule has 0 saturated carbocycles. The molecule has 2 N–H and O–H groups in total. The number of aromatic nitrogens is 4. The number of aryl methyl sites for hydroxylation is 2. The first-order valence-electron chi connectivity index (χ1n) is 5.96. The highest BCUT2D eigenvalue weighted by Crippen LogP contribution is 2.32. The molecule has 2 aromatic rings. The molecule has 2 heterocycles. The molecule has 0 saturated heterocycles. The predicted octanol–water partition coefficient (Wildman–Crippen LogP) is 1.31. The lowest BCUT2D eigenvalue weighted by atomic mass is 9.90. The lowest BCUT2D eigenvalue weighted by Crippen LogP contribution is -2.17. The molecule has 0 amide bonds. The fraction of sp³-hybridized carbons (Fsp3) is 0.417. The van der Waals surface area contributed by atoms with Crippen molar-refractivity contribution in [3.8, 4) is 11.4 Å². The number of hydrogen-bond acceptors (Lipinski definition) is 3. The number of fused-ring (bicyclic) bond motifs is 1. The zero-order valence-electron chi connectivity index (χ0n) is 10.1. The second-order valence-electron chi connectivity index (χ2n) is 4.63. The standard InChI is InChI=1S/C12H14N4O2/c1-16-6-7(5-13-16)11-14-9-4-2-3-8(12(17)18)10(9)15-11/h5-6,8H,2-4H2,1H3,(H,14,15)(H,17,18). The van der Waals surface area contributed by atoms with E-state index in [9.17, 15) is 9.90 Å². The zero-order valence-corrected chi connectivity index (χ0v) is 10.1. The van der Waals surface area contributed by atoms with E-state index in [0.29, 0.717) is 17.9 Å². The number of carboxylic acids is 1. The number of imidazole rings is 1. The molecule has 0 aromatic carbocycles. The minimum atomic E-state index is -0.791. The summed E-state index contributed by atoms with van der Waals surface area (Å²) in [6.07, 6.45) is 6.00. The quantitative estimate of drug-likeness (QED) is 0.836. The smallest absolute Gasteiger partial charge is 0.312 e. The Balaban J connectivity index is 2.03. The molecule has 3 rings (SSSR count). The third-order valence-electron chi connectivity index (χ3n) is 3.34. The summed E-state index contributed by atoms with van der Waals surface area (Å²) in [6.45, 7) is 0. The van der Waals surface area contributed by atoms with Crippen molar-refractivity contribution in [1.82, 2.24) is 19.7 Å². The molecular formula is C12H14N4O2. The Bertz CT molecular complexity index is 599. The molecule has 0 bridgehead atoms. The molecule has 1 unspecified atom stereocenters. The van der Waals surface area contributed by atoms with Gasteiger partial charge < -0.3 is 10.1 Å². The second kappa shape index (κ2) is 3.97. The van der Waals surface area contributed by atoms with Gasteiger partial charge in [-0.15, -0.1) is 0 Å². The number of nitrogens with one attached hydrogen (secondary N) is 1. The summed E-state index contributed by atoms with van der Waals surface area (Å²) in [5, 5.41) is 13.3. The Morgan fingerprint density at radius 2 is 2.44 bits per heavy atom. The number of carboxylic acid groups (broad SMARTS) is 1. The van der Waals surface area contributed by atoms with Crippen molar-refractivity contribution in [2.45, 2.75) is 25.2 Å². The summed E-state index contributed by atoms with van der Waals surface area (Å²) in [6, 6.07) is 0. The molecule has 94 valence electrons. The van der Waals surface area contributed by atoms with E-state index >= 15 is 0 Å². The third-order valence-corrected chi connectivity index (χ3v) is 3.34. The van der Waals surface area contributed by atoms with Gasteiger partial charge in [-0.1, -0.05) is 0 Å². The number of aliphatic carboxylic acids is 1. The lowest BCUT2D eigenvalue weighted by Gasteiger charge is -2.16. The topological polar surface area (TPSA) is 83.8 Å². The fourth-order valence-corrected chi connectivity index (χ4v) is 2.44. The predicted molar refractivity (Wildman–Crippen MR) is 64.1 cm³/mol. The van der Waals surface area contributed by atoms with Gasteiger partial charge in [0.2, 0.25) is 0 Å². The van der Waals surface area contributed by atoms with E-state index in [0.717, 1.165) is 24.1 Å². The molecule has 1 aliphatic rings. The lowest BCUT2D eigenvalue weighted by molar-refractivity contribution is -0.139. The highest BCUT2D eigenvalue weighted by molar-refractivity contribution is 5.76. The van der Waals surface area contributed by atoms with Crippen LogP contribution in [0.5, 0.6) is 0 Å². The van der Waals surface area contributed by atoms with Gasteiger partial charge in [0.1, 0.15) is 11.7 Å². The molecule has 0 fully saturated rings. The Morgan fingerprint density at radius 1 is 1.61 bits per heavy atom. The molecule has 1 aliphatic carbocycles. The first-order valence-corrected chi connectivity index (χ1v) is 5.96. The Morgan fingerprint density at radius 3 is 3.11 bits per heavy atom. The van der Waals surface area contributed by atoms with Crippen LogP contribution in [0.15, 0.2) is 12.4 Å². The molecule has 1 atom stereocenters. The zero-order chi connectivity index (χ0) is 12.7. The van der Waals surface area contributed by atoms with Gasteiger partial charge in [-0.05, 0) is 19.3 Å². The van der Waals surface area contributed by atoms with E-state index in [1.807, 2.05) is 13.2 Å². The van der Waals surface area contributed by atoms with Crippen molar-refractivity contribution in [3.05, 3.63) is 23.8 Å². The summed E-state index contributed by atoms with van der Waals surface area (Å²) < 4.78 is 1.70. The van der Waals surface area contributed by atoms with Gasteiger partial charge in [0.15, 0.2) is 0 Å². The van der Waals surface area contributed by atoms with Crippen molar-refractivity contribution >= 4 is 5.97 Å². The van der Waals surface area contributed by atoms with Crippen molar-refractivity contribution in [2.75, 3.05) is 0 Å². The number of rotatable bonds is 2. The van der Waals surface area contributed by atoms with E-state index in [-0.39, 0.29) is 0 Å². The van der Waals surface area contributed by atoms with Crippen molar-refractivity contribution in [2.24, 2.45) is 7.05 Å². The van der Waals surface area contributed by atoms with Gasteiger partial charge in [0.25, 0.3) is 0 Å². The molecule has 6 nitrogen and oxygen atoms in total. The van der Waals surface area contributed by atoms with E-state index in [2.05, 4.69) is 15.1 Å². The maximum Gasteiger partial charge on any atom is 0.312 e. The van der Waals surface area contributed by atoms with Gasteiger partial charge >= 0.3 is 5.97 Å². The number of nitrogens with zero attached hydrogens (tertiary/aromatic N) is 3. The van der Waals surface area contributed by atoms with Gasteiger partial charge in [0, 0.05) is 18.9 Å². The van der Waals surface area contributed by atoms with Crippen LogP contribution in [0.3, 0.4) is 0 Å². The van der Waals surface area contributed by atoms with Crippen LogP contribution in [0.2, 0.25) is 0 Å². The Labute approximate surface area is 104 Å². The minimum Gasteiger partial charge on any atom is -0.481 e. The minimum absolute atomic E-state index is 0.476. The normalized spacial score (nSPS) is 18.6. The van der Waals surface area contributed by atoms with Crippen molar-refractivity contribution < 1.29 is 9.90 Å². The van der Waals surface area contributed by atoms with Gasteiger partial charge in [-0.3, -0.25) is 9.48 Å². The fourth-order valence-electron chi connectivity index (χ4n) is 2.44.